The van der Waals surface area contributed by atoms with E-state index in [1.54, 1.807) is 60.2 Å². The van der Waals surface area contributed by atoms with Crippen LogP contribution in [0.5, 0.6) is 17.2 Å². The number of carboxylic acids is 1. The van der Waals surface area contributed by atoms with E-state index in [9.17, 15) is 75.8 Å². The number of ether oxygens (including phenoxy) is 2. The Morgan fingerprint density at radius 1 is 0.424 bits per heavy atom. The first-order valence-electron chi connectivity index (χ1n) is 47.1. The van der Waals surface area contributed by atoms with Gasteiger partial charge in [-0.15, -0.1) is 0 Å². The Morgan fingerprint density at radius 3 is 1.11 bits per heavy atom. The maximum absolute atomic E-state index is 14.4. The van der Waals surface area contributed by atoms with E-state index in [0.29, 0.717) is 167 Å². The first-order valence-corrected chi connectivity index (χ1v) is 47.1. The molecule has 3 aliphatic rings. The summed E-state index contributed by atoms with van der Waals surface area (Å²) in [5, 5.41) is 52.0. The van der Waals surface area contributed by atoms with Gasteiger partial charge in [0.1, 0.15) is 13.2 Å². The summed E-state index contributed by atoms with van der Waals surface area (Å²) in [5.41, 5.74) is 10.0. The van der Waals surface area contributed by atoms with E-state index in [2.05, 4.69) is 87.1 Å². The molecule has 14 aromatic rings. The molecule has 0 radical (unpaired) electrons. The van der Waals surface area contributed by atoms with Crippen LogP contribution in [-0.2, 0) is 66.9 Å². The number of anilines is 3. The molecule has 12 aromatic heterocycles. The van der Waals surface area contributed by atoms with Crippen LogP contribution >= 0.6 is 0 Å². The monoisotopic (exact) mass is 1980 g/mol. The molecule has 17 rings (SSSR count). The molecule has 0 aliphatic carbocycles. The molecule has 43 nitrogen and oxygen atoms in total. The number of hydrogen-bond donors (Lipinski definition) is 11. The summed E-state index contributed by atoms with van der Waals surface area (Å²) < 4.78 is 63.5. The van der Waals surface area contributed by atoms with Gasteiger partial charge in [-0.3, -0.25) is 43.2 Å². The number of aromatic amines is 3. The zero-order valence-electron chi connectivity index (χ0n) is 79.9. The van der Waals surface area contributed by atoms with Gasteiger partial charge in [-0.05, 0) is 128 Å². The number of nitrogens with zero attached hydrogens (tertiary/aromatic N) is 18. The second kappa shape index (κ2) is 47.9. The normalized spacial score (nSPS) is 12.7. The predicted molar refractivity (Wildman–Crippen MR) is 524 cm³/mol. The number of benzene rings is 2. The lowest BCUT2D eigenvalue weighted by atomic mass is 10.1. The lowest BCUT2D eigenvalue weighted by Crippen LogP contribution is -2.46. The van der Waals surface area contributed by atoms with Gasteiger partial charge in [-0.25, -0.2) is 86.0 Å². The van der Waals surface area contributed by atoms with Gasteiger partial charge in [0.15, 0.2) is 104 Å². The van der Waals surface area contributed by atoms with Crippen molar-refractivity contribution in [2.45, 2.75) is 189 Å². The molecule has 5 amide bonds. The summed E-state index contributed by atoms with van der Waals surface area (Å²) in [6.07, 6.45) is 14.3. The van der Waals surface area contributed by atoms with Crippen molar-refractivity contribution in [3.8, 4) is 51.4 Å². The Bertz CT molecular complexity index is 7400. The molecule has 0 atom stereocenters. The number of aliphatic carboxylic acids is 1. The average molecular weight is 1980 g/mol. The summed E-state index contributed by atoms with van der Waals surface area (Å²) in [6.45, 7) is 16.5. The number of nitrogens with two attached hydrogens (primary N) is 1. The molecule has 12 N–H and O–H groups in total. The highest BCUT2D eigenvalue weighted by Gasteiger charge is 2.36. The van der Waals surface area contributed by atoms with Crippen LogP contribution in [0.1, 0.15) is 178 Å². The summed E-state index contributed by atoms with van der Waals surface area (Å²) in [5.74, 6) is -3.45. The first kappa shape index (κ1) is 103. The third-order valence-corrected chi connectivity index (χ3v) is 24.0. The van der Waals surface area contributed by atoms with E-state index in [4.69, 9.17) is 20.3 Å². The molecule has 0 unspecified atom stereocenters. The molecule has 0 fully saturated rings. The minimum atomic E-state index is -0.821. The maximum atomic E-state index is 14.4. The van der Waals surface area contributed by atoms with Gasteiger partial charge < -0.3 is 80.4 Å². The van der Waals surface area contributed by atoms with Gasteiger partial charge in [0.2, 0.25) is 28.1 Å². The third kappa shape index (κ3) is 25.3. The van der Waals surface area contributed by atoms with Crippen molar-refractivity contribution in [3.63, 3.8) is 0 Å². The predicted octanol–water partition coefficient (Wildman–Crippen LogP) is 8.58. The van der Waals surface area contributed by atoms with Gasteiger partial charge in [0.05, 0.1) is 31.7 Å². The SMILES string of the molecule is CC(C)N1CCn2c(CN)cc(=O)c(OCc3ccccc3)c2C1=O.CC(C)N1CCn2c(CNC(=O)CCCCCNc3nc(-c4ccc5n[nH]c(=O)n5c4)ncc3F)cc(=O)c(O)c2C1=O.CC(C)N1CCn2c(CNC(=O)CCCCCNc3nc(-c4ccc5n[nH]c(=O)n5c4)ncc3F)cc(=O)c(OCc3ccccc3)c2C1=O.O=C(O)CCCCCNc1nc(-c2ccc3n[nH]c(=O)n3c2)ncc1F. The summed E-state index contributed by atoms with van der Waals surface area (Å²) in [4.78, 5) is 178. The van der Waals surface area contributed by atoms with E-state index in [-0.39, 0.29) is 163 Å². The number of carboxylic acid groups (broad SMARTS) is 1. The van der Waals surface area contributed by atoms with Gasteiger partial charge >= 0.3 is 23.0 Å². The van der Waals surface area contributed by atoms with Gasteiger partial charge in [-0.1, -0.05) is 79.9 Å². The number of pyridine rings is 6. The van der Waals surface area contributed by atoms with Crippen molar-refractivity contribution in [2.75, 3.05) is 55.2 Å². The summed E-state index contributed by atoms with van der Waals surface area (Å²) >= 11 is 0. The van der Waals surface area contributed by atoms with Crippen molar-refractivity contribution in [2.24, 2.45) is 5.73 Å². The molecular weight excluding hydrogens is 1870 g/mol. The number of halogens is 3. The molecule has 46 heteroatoms. The Morgan fingerprint density at radius 2 is 0.757 bits per heavy atom. The van der Waals surface area contributed by atoms with Crippen molar-refractivity contribution in [1.82, 2.24) is 113 Å². The molecule has 2 aromatic carbocycles. The Hall–Kier alpha value is -16.8. The number of hydrogen-bond acceptors (Lipinski definition) is 28. The van der Waals surface area contributed by atoms with Crippen LogP contribution in [0.2, 0.25) is 0 Å². The minimum Gasteiger partial charge on any atom is -0.503 e. The van der Waals surface area contributed by atoms with Crippen LogP contribution in [0, 0.1) is 17.5 Å². The van der Waals surface area contributed by atoms with E-state index in [1.165, 1.54) is 50.0 Å². The zero-order valence-corrected chi connectivity index (χ0v) is 79.9. The molecular formula is C98H110F3N27O16. The van der Waals surface area contributed by atoms with Crippen molar-refractivity contribution >= 4 is 69.9 Å². The number of fused-ring (bicyclic) bond motifs is 6. The molecule has 0 saturated carbocycles. The fraction of sp³-hybridized carbons (Fsp3) is 0.357. The lowest BCUT2D eigenvalue weighted by Gasteiger charge is -2.35. The molecule has 15 heterocycles. The van der Waals surface area contributed by atoms with E-state index in [1.807, 2.05) is 107 Å². The number of H-pyrrole nitrogens is 3. The third-order valence-electron chi connectivity index (χ3n) is 24.0. The number of aromatic nitrogens is 18. The van der Waals surface area contributed by atoms with Crippen LogP contribution in [0.3, 0.4) is 0 Å². The molecule has 0 spiro atoms. The fourth-order valence-corrected chi connectivity index (χ4v) is 16.4. The quantitative estimate of drug-likeness (QED) is 0.0161. The summed E-state index contributed by atoms with van der Waals surface area (Å²) in [6, 6.07) is 33.0. The van der Waals surface area contributed by atoms with Crippen molar-refractivity contribution in [3.05, 3.63) is 277 Å². The second-order valence-corrected chi connectivity index (χ2v) is 34.9. The number of nitrogens with one attached hydrogen (secondary N) is 8. The number of rotatable bonds is 38. The highest BCUT2D eigenvalue weighted by Crippen LogP contribution is 2.31. The van der Waals surface area contributed by atoms with Crippen LogP contribution in [0.25, 0.3) is 51.1 Å². The van der Waals surface area contributed by atoms with Crippen molar-refractivity contribution < 1.29 is 61.6 Å². The lowest BCUT2D eigenvalue weighted by molar-refractivity contribution is -0.137. The molecule has 0 saturated heterocycles. The zero-order chi connectivity index (χ0) is 102. The minimum absolute atomic E-state index is 0.0126. The molecule has 3 aliphatic heterocycles. The summed E-state index contributed by atoms with van der Waals surface area (Å²) in [7, 11) is 0. The highest BCUT2D eigenvalue weighted by molar-refractivity contribution is 5.98. The smallest absolute Gasteiger partial charge is 0.347 e. The number of aromatic hydroxyl groups is 1. The van der Waals surface area contributed by atoms with E-state index < -0.39 is 57.3 Å². The number of carbonyl (C=O) groups excluding carboxylic acids is 5. The Kier molecular flexibility index (Phi) is 34.3. The highest BCUT2D eigenvalue weighted by atomic mass is 19.1. The van der Waals surface area contributed by atoms with E-state index >= 15 is 0 Å². The Labute approximate surface area is 819 Å². The van der Waals surface area contributed by atoms with Gasteiger partial charge in [0.25, 0.3) is 17.7 Å². The van der Waals surface area contributed by atoms with Gasteiger partial charge in [0, 0.05) is 173 Å². The van der Waals surface area contributed by atoms with E-state index in [0.717, 1.165) is 36.1 Å². The largest absolute Gasteiger partial charge is 0.503 e. The topological polar surface area (TPSA) is 551 Å². The standard InChI is InChI=1S/C35H38FN9O5.C28H32FN9O5.C19H23N3O3.C16H17FN6O3/c1-22(2)43-15-16-44-25(17-27(46)31(30(44)34(43)48)50-21-23-9-5-3-6-10-23)18-38-29(47)11-7-4-8-14-37-33-26(36)19-39-32(40-33)24-12-13-28-41-42-35(49)45(28)20-24;1-16(2)36-10-11-37-18(12-20(39)24(41)23(37)27(36)42)13-31-22(40)6-4-3-5-9-30-26-19(29)14-32-25(33-26)17-7-8-21-34-35-28(43)38(21)15-17;1-13(2)21-8-9-22-15(11-20)10-16(23)18(17(22)19(21)24)25-12-14-6-4-3-5-7-14;17-11-8-19-14(10-5-6-12-21-22-16(26)23(12)9-10)20-15(11)18-7-3-1-2-4-13(24)25/h3,5-6,9-10,12-13,17,19-20,22H,4,7-8,11,14-16,18,21H2,1-2H3,(H,38,47)(H,42,49)(H,37,39,40);7-8,12,14-16,41H,3-6,9-11,13H2,1-2H3,(H,31,40)(H,35,43)(H,30,32,33);3-7,10,13H,8-9,11-12,20H2,1-2H3;5-6,8-9H,1-4,7H2,(H,22,26)(H,24,25)(H,18,19,20). The van der Waals surface area contributed by atoms with Crippen molar-refractivity contribution in [1.29, 1.82) is 0 Å². The Balaban J connectivity index is 0.000000159. The fourth-order valence-electron chi connectivity index (χ4n) is 16.4. The molecule has 754 valence electrons. The number of carbonyl (C=O) groups is 6. The number of unbranched alkanes of at least 4 members (excludes halogenated alkanes) is 6. The molecule has 0 bridgehead atoms. The first-order chi connectivity index (χ1) is 69.4. The average Bonchev–Trinajstić information content (AvgIpc) is 1.06. The van der Waals surface area contributed by atoms with Crippen LogP contribution in [0.15, 0.2) is 181 Å². The second-order valence-electron chi connectivity index (χ2n) is 34.9. The molecule has 144 heavy (non-hydrogen) atoms. The maximum Gasteiger partial charge on any atom is 0.347 e. The van der Waals surface area contributed by atoms with Crippen LogP contribution in [-0.4, -0.2) is 205 Å². The van der Waals surface area contributed by atoms with Gasteiger partial charge in [-0.2, -0.15) is 15.3 Å². The van der Waals surface area contributed by atoms with Crippen LogP contribution in [0.4, 0.5) is 30.6 Å². The number of amides is 5. The van der Waals surface area contributed by atoms with Crippen LogP contribution < -0.4 is 75.1 Å².